The number of amides is 1. The predicted octanol–water partition coefficient (Wildman–Crippen LogP) is 2.75. The first-order chi connectivity index (χ1) is 7.80. The lowest BCUT2D eigenvalue weighted by Crippen LogP contribution is -2.35. The van der Waals surface area contributed by atoms with Crippen molar-refractivity contribution in [3.63, 3.8) is 0 Å². The molecule has 100 valence electrons. The van der Waals surface area contributed by atoms with Crippen LogP contribution in [-0.4, -0.2) is 30.4 Å². The number of hydrogen-bond acceptors (Lipinski definition) is 3. The van der Waals surface area contributed by atoms with Crippen molar-refractivity contribution >= 4 is 27.8 Å². The summed E-state index contributed by atoms with van der Waals surface area (Å²) < 4.78 is 4.76. The third-order valence-electron chi connectivity index (χ3n) is 2.21. The van der Waals surface area contributed by atoms with Crippen LogP contribution in [0.15, 0.2) is 0 Å². The van der Waals surface area contributed by atoms with Crippen molar-refractivity contribution in [3.05, 3.63) is 0 Å². The van der Waals surface area contributed by atoms with Crippen molar-refractivity contribution in [2.45, 2.75) is 34.1 Å². The minimum atomic E-state index is -0.464. The number of carbonyl (C=O) groups excluding carboxylic acids is 2. The van der Waals surface area contributed by atoms with E-state index in [2.05, 4.69) is 42.0 Å². The number of Topliss-reactive ketones (excluding diaryl/α,β-unsaturated/α-hetero) is 1. The van der Waals surface area contributed by atoms with Gasteiger partial charge in [0.1, 0.15) is 5.78 Å². The summed E-state index contributed by atoms with van der Waals surface area (Å²) >= 11 is 3.17. The van der Waals surface area contributed by atoms with Gasteiger partial charge in [-0.15, -0.1) is 0 Å². The first kappa shape index (κ1) is 16.4. The van der Waals surface area contributed by atoms with Crippen LogP contribution in [0.2, 0.25) is 0 Å². The van der Waals surface area contributed by atoms with Gasteiger partial charge in [-0.2, -0.15) is 0 Å². The molecule has 0 aromatic carbocycles. The van der Waals surface area contributed by atoms with E-state index in [1.54, 1.807) is 6.92 Å². The molecule has 0 aromatic heterocycles. The highest BCUT2D eigenvalue weighted by Gasteiger charge is 2.24. The number of rotatable bonds is 6. The molecule has 0 fully saturated rings. The molecular formula is C12H22BrNO3. The summed E-state index contributed by atoms with van der Waals surface area (Å²) in [4.78, 5) is 22.9. The predicted molar refractivity (Wildman–Crippen MR) is 71.4 cm³/mol. The first-order valence-corrected chi connectivity index (χ1v) is 6.91. The van der Waals surface area contributed by atoms with Crippen LogP contribution in [0.4, 0.5) is 4.79 Å². The standard InChI is InChI=1S/C12H22BrNO3/c1-5-17-11(16)14-8-9(10(15)7-13)6-12(2,3)4/h9H,5-8H2,1-4H3,(H,14,16). The molecule has 0 aliphatic heterocycles. The number of ether oxygens (including phenoxy) is 1. The number of alkyl halides is 1. The zero-order valence-corrected chi connectivity index (χ0v) is 12.6. The maximum atomic E-state index is 11.7. The molecule has 0 aliphatic carbocycles. The Bertz CT molecular complexity index is 261. The second-order valence-corrected chi connectivity index (χ2v) is 5.72. The van der Waals surface area contributed by atoms with Crippen LogP contribution in [0.5, 0.6) is 0 Å². The molecule has 0 rings (SSSR count). The SMILES string of the molecule is CCOC(=O)NCC(CC(C)(C)C)C(=O)CBr. The van der Waals surface area contributed by atoms with E-state index in [0.29, 0.717) is 18.5 Å². The van der Waals surface area contributed by atoms with Gasteiger partial charge < -0.3 is 10.1 Å². The summed E-state index contributed by atoms with van der Waals surface area (Å²) in [5, 5.41) is 2.94. The van der Waals surface area contributed by atoms with Crippen molar-refractivity contribution in [3.8, 4) is 0 Å². The maximum Gasteiger partial charge on any atom is 0.407 e. The van der Waals surface area contributed by atoms with E-state index in [1.807, 2.05) is 0 Å². The normalized spacial score (nSPS) is 13.0. The molecule has 1 unspecified atom stereocenters. The lowest BCUT2D eigenvalue weighted by molar-refractivity contribution is -0.120. The van der Waals surface area contributed by atoms with E-state index in [4.69, 9.17) is 4.74 Å². The summed E-state index contributed by atoms with van der Waals surface area (Å²) in [6, 6.07) is 0. The minimum absolute atomic E-state index is 0.0544. The van der Waals surface area contributed by atoms with E-state index in [-0.39, 0.29) is 17.1 Å². The Morgan fingerprint density at radius 1 is 1.35 bits per heavy atom. The Morgan fingerprint density at radius 3 is 2.35 bits per heavy atom. The quantitative estimate of drug-likeness (QED) is 0.768. The molecule has 0 aromatic rings. The molecule has 0 aliphatic rings. The van der Waals surface area contributed by atoms with Crippen LogP contribution in [0.25, 0.3) is 0 Å². The van der Waals surface area contributed by atoms with Gasteiger partial charge in [0.05, 0.1) is 11.9 Å². The molecule has 0 spiro atoms. The Hall–Kier alpha value is -0.580. The van der Waals surface area contributed by atoms with Gasteiger partial charge in [0.15, 0.2) is 0 Å². The van der Waals surface area contributed by atoms with Crippen molar-refractivity contribution in [1.29, 1.82) is 0 Å². The number of halogens is 1. The van der Waals surface area contributed by atoms with Gasteiger partial charge in [-0.3, -0.25) is 4.79 Å². The Labute approximate surface area is 112 Å². The number of ketones is 1. The number of carbonyl (C=O) groups is 2. The summed E-state index contributed by atoms with van der Waals surface area (Å²) in [6.45, 7) is 8.64. The third-order valence-corrected chi connectivity index (χ3v) is 2.77. The lowest BCUT2D eigenvalue weighted by Gasteiger charge is -2.24. The Kier molecular flexibility index (Phi) is 7.43. The van der Waals surface area contributed by atoms with Crippen molar-refractivity contribution in [1.82, 2.24) is 5.32 Å². The van der Waals surface area contributed by atoms with E-state index in [1.165, 1.54) is 0 Å². The van der Waals surface area contributed by atoms with Gasteiger partial charge in [-0.05, 0) is 18.8 Å². The fraction of sp³-hybridized carbons (Fsp3) is 0.833. The highest BCUT2D eigenvalue weighted by molar-refractivity contribution is 9.09. The maximum absolute atomic E-state index is 11.7. The highest BCUT2D eigenvalue weighted by Crippen LogP contribution is 2.25. The lowest BCUT2D eigenvalue weighted by atomic mass is 9.83. The monoisotopic (exact) mass is 307 g/mol. The molecule has 17 heavy (non-hydrogen) atoms. The number of hydrogen-bond donors (Lipinski definition) is 1. The fourth-order valence-electron chi connectivity index (χ4n) is 1.54. The van der Waals surface area contributed by atoms with Crippen molar-refractivity contribution < 1.29 is 14.3 Å². The van der Waals surface area contributed by atoms with Crippen LogP contribution < -0.4 is 5.32 Å². The van der Waals surface area contributed by atoms with Crippen LogP contribution in [0.3, 0.4) is 0 Å². The first-order valence-electron chi connectivity index (χ1n) is 5.79. The second kappa shape index (κ2) is 7.69. The summed E-state index contributed by atoms with van der Waals surface area (Å²) in [6.07, 6.45) is 0.276. The molecule has 0 saturated heterocycles. The number of alkyl carbamates (subject to hydrolysis) is 1. The van der Waals surface area contributed by atoms with Crippen LogP contribution in [0, 0.1) is 11.3 Å². The van der Waals surface area contributed by atoms with E-state index < -0.39 is 6.09 Å². The molecule has 1 amide bonds. The highest BCUT2D eigenvalue weighted by atomic mass is 79.9. The third kappa shape index (κ3) is 8.18. The van der Waals surface area contributed by atoms with E-state index in [9.17, 15) is 9.59 Å². The van der Waals surface area contributed by atoms with Crippen LogP contribution in [0.1, 0.15) is 34.1 Å². The topological polar surface area (TPSA) is 55.4 Å². The summed E-state index contributed by atoms with van der Waals surface area (Å²) in [5.74, 6) is -0.0597. The molecule has 5 heteroatoms. The van der Waals surface area contributed by atoms with Gasteiger partial charge >= 0.3 is 6.09 Å². The largest absolute Gasteiger partial charge is 0.450 e. The second-order valence-electron chi connectivity index (χ2n) is 5.16. The molecule has 1 atom stereocenters. The zero-order chi connectivity index (χ0) is 13.5. The molecule has 0 bridgehead atoms. The van der Waals surface area contributed by atoms with Crippen LogP contribution in [-0.2, 0) is 9.53 Å². The molecule has 0 heterocycles. The van der Waals surface area contributed by atoms with Crippen molar-refractivity contribution in [2.75, 3.05) is 18.5 Å². The van der Waals surface area contributed by atoms with Crippen molar-refractivity contribution in [2.24, 2.45) is 11.3 Å². The van der Waals surface area contributed by atoms with Gasteiger partial charge in [0, 0.05) is 12.5 Å². The molecular weight excluding hydrogens is 286 g/mol. The van der Waals surface area contributed by atoms with Gasteiger partial charge in [0.25, 0.3) is 0 Å². The zero-order valence-electron chi connectivity index (χ0n) is 11.0. The summed E-state index contributed by atoms with van der Waals surface area (Å²) in [5.41, 5.74) is 0.0544. The minimum Gasteiger partial charge on any atom is -0.450 e. The fourth-order valence-corrected chi connectivity index (χ4v) is 1.99. The molecule has 1 N–H and O–H groups in total. The Balaban J connectivity index is 4.30. The van der Waals surface area contributed by atoms with Gasteiger partial charge in [-0.1, -0.05) is 36.7 Å². The number of nitrogens with one attached hydrogen (secondary N) is 1. The average molecular weight is 308 g/mol. The molecule has 4 nitrogen and oxygen atoms in total. The van der Waals surface area contributed by atoms with E-state index in [0.717, 1.165) is 6.42 Å². The van der Waals surface area contributed by atoms with Gasteiger partial charge in [-0.25, -0.2) is 4.79 Å². The van der Waals surface area contributed by atoms with Gasteiger partial charge in [0.2, 0.25) is 0 Å². The molecule has 0 radical (unpaired) electrons. The van der Waals surface area contributed by atoms with Crippen LogP contribution >= 0.6 is 15.9 Å². The average Bonchev–Trinajstić information content (AvgIpc) is 2.22. The van der Waals surface area contributed by atoms with E-state index >= 15 is 0 Å². The summed E-state index contributed by atoms with van der Waals surface area (Å²) in [7, 11) is 0. The Morgan fingerprint density at radius 2 is 1.94 bits per heavy atom. The molecule has 0 saturated carbocycles. The smallest absolute Gasteiger partial charge is 0.407 e.